The second-order valence-electron chi connectivity index (χ2n) is 6.06. The maximum Gasteiger partial charge on any atom is 0.248 e. The van der Waals surface area contributed by atoms with E-state index in [4.69, 9.17) is 4.74 Å². The van der Waals surface area contributed by atoms with Gasteiger partial charge in [-0.1, -0.05) is 6.07 Å². The highest BCUT2D eigenvalue weighted by Gasteiger charge is 2.34. The Labute approximate surface area is 139 Å². The molecule has 3 rings (SSSR count). The predicted molar refractivity (Wildman–Crippen MR) is 87.4 cm³/mol. The van der Waals surface area contributed by atoms with E-state index >= 15 is 0 Å². The molecule has 1 fully saturated rings. The molecule has 1 aliphatic carbocycles. The molecule has 1 saturated carbocycles. The molecule has 0 aromatic carbocycles. The fourth-order valence-corrected chi connectivity index (χ4v) is 2.80. The zero-order chi connectivity index (χ0) is 17.2. The van der Waals surface area contributed by atoms with E-state index in [2.05, 4.69) is 20.3 Å². The van der Waals surface area contributed by atoms with Crippen LogP contribution < -0.4 is 10.1 Å². The first-order valence-electron chi connectivity index (χ1n) is 7.97. The fraction of sp³-hybridized carbons (Fsp3) is 0.471. The summed E-state index contributed by atoms with van der Waals surface area (Å²) < 4.78 is 31.7. The number of hydrogen-bond acceptors (Lipinski definition) is 5. The van der Waals surface area contributed by atoms with Crippen LogP contribution in [0.3, 0.4) is 0 Å². The summed E-state index contributed by atoms with van der Waals surface area (Å²) in [6.45, 7) is 1.87. The molecule has 1 aliphatic rings. The van der Waals surface area contributed by atoms with Crippen molar-refractivity contribution < 1.29 is 13.5 Å². The Morgan fingerprint density at radius 3 is 2.62 bits per heavy atom. The summed E-state index contributed by atoms with van der Waals surface area (Å²) in [7, 11) is 1.55. The molecule has 0 saturated heterocycles. The number of halogens is 2. The molecule has 2 heterocycles. The lowest BCUT2D eigenvalue weighted by molar-refractivity contribution is -0.0361. The molecule has 2 aromatic rings. The van der Waals surface area contributed by atoms with Crippen molar-refractivity contribution in [3.8, 4) is 17.4 Å². The number of methoxy groups -OCH3 is 1. The standard InChI is InChI=1S/C17H20F2N4O/c1-11-10-14(21-12-6-8-17(18,19)9-7-12)23-16(20-11)13-4-3-5-15(22-13)24-2/h3-5,10,12H,6-9H2,1-2H3,(H,20,21,23). The van der Waals surface area contributed by atoms with E-state index in [9.17, 15) is 8.78 Å². The van der Waals surface area contributed by atoms with Crippen LogP contribution in [0.4, 0.5) is 14.6 Å². The number of rotatable bonds is 4. The van der Waals surface area contributed by atoms with E-state index in [0.29, 0.717) is 36.1 Å². The second-order valence-corrected chi connectivity index (χ2v) is 6.06. The Hall–Kier alpha value is -2.31. The number of aryl methyl sites for hydroxylation is 1. The molecule has 7 heteroatoms. The molecule has 2 aromatic heterocycles. The molecule has 0 amide bonds. The minimum Gasteiger partial charge on any atom is -0.481 e. The average Bonchev–Trinajstić information content (AvgIpc) is 2.56. The first-order valence-corrected chi connectivity index (χ1v) is 7.97. The van der Waals surface area contributed by atoms with Crippen molar-refractivity contribution in [2.75, 3.05) is 12.4 Å². The number of pyridine rings is 1. The number of nitrogens with one attached hydrogen (secondary N) is 1. The number of anilines is 1. The van der Waals surface area contributed by atoms with Gasteiger partial charge < -0.3 is 10.1 Å². The van der Waals surface area contributed by atoms with E-state index < -0.39 is 5.92 Å². The topological polar surface area (TPSA) is 59.9 Å². The van der Waals surface area contributed by atoms with Crippen molar-refractivity contribution in [2.24, 2.45) is 0 Å². The Bertz CT molecular complexity index is 713. The van der Waals surface area contributed by atoms with Gasteiger partial charge in [0.25, 0.3) is 0 Å². The van der Waals surface area contributed by atoms with Gasteiger partial charge in [-0.05, 0) is 25.8 Å². The number of alkyl halides is 2. The van der Waals surface area contributed by atoms with Crippen molar-refractivity contribution >= 4 is 5.82 Å². The van der Waals surface area contributed by atoms with Crippen LogP contribution >= 0.6 is 0 Å². The summed E-state index contributed by atoms with van der Waals surface area (Å²) in [4.78, 5) is 13.2. The molecule has 0 atom stereocenters. The van der Waals surface area contributed by atoms with E-state index in [1.54, 1.807) is 13.2 Å². The van der Waals surface area contributed by atoms with E-state index in [-0.39, 0.29) is 18.9 Å². The summed E-state index contributed by atoms with van der Waals surface area (Å²) in [6, 6.07) is 7.20. The Morgan fingerprint density at radius 1 is 1.17 bits per heavy atom. The molecule has 0 spiro atoms. The van der Waals surface area contributed by atoms with Gasteiger partial charge in [0, 0.05) is 36.7 Å². The summed E-state index contributed by atoms with van der Waals surface area (Å²) in [5.41, 5.74) is 1.39. The number of hydrogen-bond donors (Lipinski definition) is 1. The van der Waals surface area contributed by atoms with Gasteiger partial charge >= 0.3 is 0 Å². The Kier molecular flexibility index (Phi) is 4.59. The number of nitrogens with zero attached hydrogens (tertiary/aromatic N) is 3. The summed E-state index contributed by atoms with van der Waals surface area (Å²) >= 11 is 0. The van der Waals surface area contributed by atoms with Gasteiger partial charge in [0.15, 0.2) is 5.82 Å². The Morgan fingerprint density at radius 2 is 1.92 bits per heavy atom. The lowest BCUT2D eigenvalue weighted by Gasteiger charge is -2.29. The lowest BCUT2D eigenvalue weighted by Crippen LogP contribution is -2.32. The van der Waals surface area contributed by atoms with E-state index in [1.807, 2.05) is 25.1 Å². The molecule has 24 heavy (non-hydrogen) atoms. The van der Waals surface area contributed by atoms with Crippen LogP contribution in [0, 0.1) is 6.92 Å². The van der Waals surface area contributed by atoms with Crippen LogP contribution in [0.15, 0.2) is 24.3 Å². The average molecular weight is 334 g/mol. The largest absolute Gasteiger partial charge is 0.481 e. The quantitative estimate of drug-likeness (QED) is 0.920. The van der Waals surface area contributed by atoms with E-state index in [0.717, 1.165) is 5.69 Å². The zero-order valence-corrected chi connectivity index (χ0v) is 13.7. The van der Waals surface area contributed by atoms with Gasteiger partial charge in [-0.2, -0.15) is 0 Å². The van der Waals surface area contributed by atoms with Crippen LogP contribution in [0.2, 0.25) is 0 Å². The van der Waals surface area contributed by atoms with E-state index in [1.165, 1.54) is 0 Å². The molecule has 0 radical (unpaired) electrons. The SMILES string of the molecule is COc1cccc(-c2nc(C)cc(NC3CCC(F)(F)CC3)n2)n1. The van der Waals surface area contributed by atoms with Crippen LogP contribution in [0.25, 0.3) is 11.5 Å². The van der Waals surface area contributed by atoms with Gasteiger partial charge in [0.1, 0.15) is 11.5 Å². The predicted octanol–water partition coefficient (Wildman–Crippen LogP) is 3.85. The summed E-state index contributed by atoms with van der Waals surface area (Å²) in [5.74, 6) is -0.924. The van der Waals surface area contributed by atoms with Crippen molar-refractivity contribution in [3.63, 3.8) is 0 Å². The lowest BCUT2D eigenvalue weighted by atomic mass is 9.92. The smallest absolute Gasteiger partial charge is 0.248 e. The fourth-order valence-electron chi connectivity index (χ4n) is 2.80. The monoisotopic (exact) mass is 334 g/mol. The summed E-state index contributed by atoms with van der Waals surface area (Å²) in [5, 5.41) is 3.25. The molecule has 5 nitrogen and oxygen atoms in total. The van der Waals surface area contributed by atoms with Crippen LogP contribution in [0.5, 0.6) is 5.88 Å². The van der Waals surface area contributed by atoms with Gasteiger partial charge in [-0.25, -0.2) is 23.7 Å². The number of ether oxygens (including phenoxy) is 1. The minimum absolute atomic E-state index is 0.00467. The maximum atomic E-state index is 13.3. The highest BCUT2D eigenvalue weighted by molar-refractivity contribution is 5.54. The van der Waals surface area contributed by atoms with Crippen LogP contribution in [-0.2, 0) is 0 Å². The van der Waals surface area contributed by atoms with Gasteiger partial charge in [-0.15, -0.1) is 0 Å². The molecule has 0 bridgehead atoms. The normalized spacial score (nSPS) is 17.5. The first kappa shape index (κ1) is 16.5. The zero-order valence-electron chi connectivity index (χ0n) is 13.7. The maximum absolute atomic E-state index is 13.3. The molecule has 0 unspecified atom stereocenters. The van der Waals surface area contributed by atoms with Gasteiger partial charge in [0.2, 0.25) is 11.8 Å². The second kappa shape index (κ2) is 6.67. The van der Waals surface area contributed by atoms with Crippen molar-refractivity contribution in [3.05, 3.63) is 30.0 Å². The van der Waals surface area contributed by atoms with Crippen LogP contribution in [0.1, 0.15) is 31.4 Å². The third kappa shape index (κ3) is 3.96. The van der Waals surface area contributed by atoms with Crippen LogP contribution in [-0.4, -0.2) is 34.0 Å². The van der Waals surface area contributed by atoms with Gasteiger partial charge in [0.05, 0.1) is 7.11 Å². The third-order valence-corrected chi connectivity index (χ3v) is 4.09. The summed E-state index contributed by atoms with van der Waals surface area (Å²) in [6.07, 6.45) is 0.698. The third-order valence-electron chi connectivity index (χ3n) is 4.09. The molecule has 128 valence electrons. The molecule has 1 N–H and O–H groups in total. The number of aromatic nitrogens is 3. The first-order chi connectivity index (χ1) is 11.4. The Balaban J connectivity index is 1.79. The molecule has 0 aliphatic heterocycles. The van der Waals surface area contributed by atoms with Crippen molar-refractivity contribution in [1.82, 2.24) is 15.0 Å². The highest BCUT2D eigenvalue weighted by Crippen LogP contribution is 2.34. The molecular formula is C17H20F2N4O. The minimum atomic E-state index is -2.53. The highest BCUT2D eigenvalue weighted by atomic mass is 19.3. The van der Waals surface area contributed by atoms with Crippen molar-refractivity contribution in [1.29, 1.82) is 0 Å². The molecular weight excluding hydrogens is 314 g/mol. The van der Waals surface area contributed by atoms with Crippen molar-refractivity contribution in [2.45, 2.75) is 44.6 Å². The van der Waals surface area contributed by atoms with Gasteiger partial charge in [-0.3, -0.25) is 0 Å².